The van der Waals surface area contributed by atoms with Crippen LogP contribution >= 0.6 is 10.8 Å². The molecule has 0 unspecified atom stereocenters. The molecule has 0 saturated heterocycles. The molecule has 2 N–H and O–H groups in total. The van der Waals surface area contributed by atoms with Gasteiger partial charge in [-0.05, 0) is 122 Å². The van der Waals surface area contributed by atoms with Crippen molar-refractivity contribution in [1.82, 2.24) is 10.6 Å². The molecule has 252 valence electrons. The molecule has 0 heterocycles. The molecule has 0 aliphatic heterocycles. The zero-order valence-corrected chi connectivity index (χ0v) is 28.8. The van der Waals surface area contributed by atoms with Crippen LogP contribution in [-0.4, -0.2) is 60.2 Å². The van der Waals surface area contributed by atoms with Crippen molar-refractivity contribution in [3.05, 3.63) is 59.7 Å². The van der Waals surface area contributed by atoms with Crippen LogP contribution in [0.4, 0.5) is 0 Å². The maximum absolute atomic E-state index is 12.1. The third kappa shape index (κ3) is 14.7. The highest BCUT2D eigenvalue weighted by molar-refractivity contribution is 8.70. The lowest BCUT2D eigenvalue weighted by molar-refractivity contribution is 0.301. The second-order valence-corrected chi connectivity index (χ2v) is 16.1. The highest BCUT2D eigenvalue weighted by atomic mass is 33.1. The Labute approximate surface area is 276 Å². The molecule has 0 radical (unpaired) electrons. The Bertz CT molecular complexity index is 1060. The summed E-state index contributed by atoms with van der Waals surface area (Å²) in [5.41, 5.74) is 2.90. The first-order valence-electron chi connectivity index (χ1n) is 17.5. The molecule has 0 aromatic heterocycles. The fourth-order valence-electron chi connectivity index (χ4n) is 6.34. The third-order valence-corrected chi connectivity index (χ3v) is 11.7. The van der Waals surface area contributed by atoms with Crippen LogP contribution in [0.5, 0.6) is 11.5 Å². The van der Waals surface area contributed by atoms with Crippen LogP contribution < -0.4 is 20.1 Å². The molecule has 2 fully saturated rings. The molecule has 2 aliphatic carbocycles. The minimum atomic E-state index is -3.57. The van der Waals surface area contributed by atoms with E-state index in [0.29, 0.717) is 32.1 Å². The molecule has 0 spiro atoms. The molecule has 9 heteroatoms. The van der Waals surface area contributed by atoms with Crippen LogP contribution in [0.2, 0.25) is 0 Å². The van der Waals surface area contributed by atoms with Crippen molar-refractivity contribution in [1.29, 1.82) is 0 Å². The topological polar surface area (TPSA) is 85.9 Å². The number of nitrogens with one attached hydrogen (secondary N) is 2. The van der Waals surface area contributed by atoms with Gasteiger partial charge in [0.05, 0.1) is 19.8 Å². The highest BCUT2D eigenvalue weighted by Gasteiger charge is 2.16. The smallest absolute Gasteiger partial charge is 0.322 e. The summed E-state index contributed by atoms with van der Waals surface area (Å²) in [6.07, 6.45) is 17.3. The number of rotatable bonds is 22. The van der Waals surface area contributed by atoms with Crippen molar-refractivity contribution in [3.63, 3.8) is 0 Å². The van der Waals surface area contributed by atoms with E-state index in [1.807, 2.05) is 0 Å². The summed E-state index contributed by atoms with van der Waals surface area (Å²) < 4.78 is 41.1. The largest absolute Gasteiger partial charge is 0.494 e. The first-order valence-corrected chi connectivity index (χ1v) is 20.4. The Balaban J connectivity index is 0.905. The van der Waals surface area contributed by atoms with Crippen molar-refractivity contribution in [2.75, 3.05) is 51.8 Å². The Morgan fingerprint density at radius 1 is 0.578 bits per heavy atom. The fourth-order valence-corrected chi connectivity index (χ4v) is 8.40. The summed E-state index contributed by atoms with van der Waals surface area (Å²) >= 11 is 0. The van der Waals surface area contributed by atoms with Crippen molar-refractivity contribution in [3.8, 4) is 11.5 Å². The second kappa shape index (κ2) is 21.2. The van der Waals surface area contributed by atoms with Crippen LogP contribution in [-0.2, 0) is 13.3 Å². The van der Waals surface area contributed by atoms with E-state index in [4.69, 9.17) is 13.7 Å². The summed E-state index contributed by atoms with van der Waals surface area (Å²) in [5.74, 6) is 3.78. The Morgan fingerprint density at radius 2 is 1.04 bits per heavy atom. The Kier molecular flexibility index (Phi) is 17.0. The highest BCUT2D eigenvalue weighted by Crippen LogP contribution is 2.34. The maximum Gasteiger partial charge on any atom is 0.322 e. The lowest BCUT2D eigenvalue weighted by Gasteiger charge is -2.22. The molecule has 2 aromatic rings. The van der Waals surface area contributed by atoms with E-state index in [9.17, 15) is 8.42 Å². The quantitative estimate of drug-likeness (QED) is 0.0972. The standard InChI is InChI=1S/C36H56N2O5S2/c39-45(40,43-29-25-37-23-7-9-27-41-35-19-15-33(16-20-35)31-11-3-1-4-12-31)44-30-26-38-24-8-10-28-42-36-21-17-34(18-22-36)32-13-5-2-6-14-32/h15-22,31-32,37-38H,1-14,23-30H2. The molecule has 4 rings (SSSR count). The van der Waals surface area contributed by atoms with Crippen LogP contribution in [0.15, 0.2) is 48.5 Å². The monoisotopic (exact) mass is 660 g/mol. The van der Waals surface area contributed by atoms with Crippen molar-refractivity contribution < 1.29 is 22.1 Å². The van der Waals surface area contributed by atoms with E-state index in [2.05, 4.69) is 59.2 Å². The van der Waals surface area contributed by atoms with Crippen LogP contribution in [0, 0.1) is 0 Å². The minimum Gasteiger partial charge on any atom is -0.494 e. The van der Waals surface area contributed by atoms with Crippen LogP contribution in [0.1, 0.15) is 113 Å². The molecule has 7 nitrogen and oxygen atoms in total. The lowest BCUT2D eigenvalue weighted by atomic mass is 9.84. The predicted molar refractivity (Wildman–Crippen MR) is 187 cm³/mol. The van der Waals surface area contributed by atoms with Crippen LogP contribution in [0.25, 0.3) is 0 Å². The minimum absolute atomic E-state index is 0.149. The van der Waals surface area contributed by atoms with Gasteiger partial charge in [-0.25, -0.2) is 0 Å². The number of benzene rings is 2. The van der Waals surface area contributed by atoms with Gasteiger partial charge >= 0.3 is 9.15 Å². The van der Waals surface area contributed by atoms with E-state index < -0.39 is 9.15 Å². The second-order valence-electron chi connectivity index (χ2n) is 12.5. The molecular formula is C36H56N2O5S2. The van der Waals surface area contributed by atoms with Gasteiger partial charge in [-0.2, -0.15) is 8.42 Å². The average molecular weight is 661 g/mol. The van der Waals surface area contributed by atoms with Crippen LogP contribution in [0.3, 0.4) is 0 Å². The third-order valence-electron chi connectivity index (χ3n) is 8.96. The van der Waals surface area contributed by atoms with Gasteiger partial charge in [0.1, 0.15) is 11.5 Å². The van der Waals surface area contributed by atoms with E-state index in [1.54, 1.807) is 0 Å². The van der Waals surface area contributed by atoms with Gasteiger partial charge in [0.2, 0.25) is 0 Å². The Morgan fingerprint density at radius 3 is 1.53 bits per heavy atom. The molecular weight excluding hydrogens is 605 g/mol. The normalized spacial score (nSPS) is 16.5. The van der Waals surface area contributed by atoms with E-state index in [0.717, 1.165) is 72.9 Å². The average Bonchev–Trinajstić information content (AvgIpc) is 3.08. The van der Waals surface area contributed by atoms with Crippen molar-refractivity contribution in [2.45, 2.75) is 102 Å². The van der Waals surface area contributed by atoms with Gasteiger partial charge in [-0.15, -0.1) is 0 Å². The van der Waals surface area contributed by atoms with Crippen molar-refractivity contribution >= 4 is 19.9 Å². The summed E-state index contributed by atoms with van der Waals surface area (Å²) in [6.45, 7) is 4.31. The number of unbranched alkanes of at least 4 members (excludes halogenated alkanes) is 2. The lowest BCUT2D eigenvalue weighted by Crippen LogP contribution is -2.23. The summed E-state index contributed by atoms with van der Waals surface area (Å²) in [5, 5.41) is 6.56. The summed E-state index contributed by atoms with van der Waals surface area (Å²) in [4.78, 5) is 0. The Hall–Kier alpha value is -1.78. The maximum atomic E-state index is 12.1. The first kappa shape index (κ1) is 36.1. The summed E-state index contributed by atoms with van der Waals surface area (Å²) in [6, 6.07) is 17.3. The van der Waals surface area contributed by atoms with Gasteiger partial charge in [0.25, 0.3) is 0 Å². The first-order chi connectivity index (χ1) is 22.1. The van der Waals surface area contributed by atoms with Gasteiger partial charge in [-0.3, -0.25) is 4.18 Å². The molecule has 2 aromatic carbocycles. The zero-order valence-electron chi connectivity index (χ0n) is 27.2. The van der Waals surface area contributed by atoms with Gasteiger partial charge in [-0.1, -0.05) is 62.8 Å². The van der Waals surface area contributed by atoms with E-state index in [1.165, 1.54) is 75.3 Å². The van der Waals surface area contributed by atoms with Gasteiger partial charge < -0.3 is 20.1 Å². The molecule has 0 amide bonds. The molecule has 2 aliphatic rings. The van der Waals surface area contributed by atoms with Crippen molar-refractivity contribution in [2.24, 2.45) is 0 Å². The van der Waals surface area contributed by atoms with Gasteiger partial charge in [0.15, 0.2) is 0 Å². The van der Waals surface area contributed by atoms with E-state index >= 15 is 0 Å². The van der Waals surface area contributed by atoms with Gasteiger partial charge in [0, 0.05) is 18.8 Å². The predicted octanol–water partition coefficient (Wildman–Crippen LogP) is 7.97. The SMILES string of the molecule is O=S(=O)(OCCNCCCCOc1ccc(C2CCCCC2)cc1)SCCNCCCCOc1ccc(C2CCCCC2)cc1. The number of hydrogen-bond donors (Lipinski definition) is 2. The molecule has 45 heavy (non-hydrogen) atoms. The molecule has 0 atom stereocenters. The summed E-state index contributed by atoms with van der Waals surface area (Å²) in [7, 11) is -2.71. The zero-order chi connectivity index (χ0) is 31.4. The van der Waals surface area contributed by atoms with E-state index in [-0.39, 0.29) is 6.61 Å². The molecule has 2 saturated carbocycles. The molecule has 0 bridgehead atoms. The number of hydrogen-bond acceptors (Lipinski definition) is 8. The number of ether oxygens (including phenoxy) is 2. The fraction of sp³-hybridized carbons (Fsp3) is 0.667.